The molecule has 100 valence electrons. The molecule has 0 fully saturated rings. The Morgan fingerprint density at radius 1 is 1.44 bits per heavy atom. The van der Waals surface area contributed by atoms with Gasteiger partial charge in [-0.2, -0.15) is 0 Å². The number of carbonyl (C=O) groups excluding carboxylic acids is 1. The lowest BCUT2D eigenvalue weighted by atomic mass is 10.0. The van der Waals surface area contributed by atoms with Crippen LogP contribution >= 0.6 is 15.9 Å². The van der Waals surface area contributed by atoms with E-state index in [1.54, 1.807) is 18.2 Å². The molecular formula is C14H19BrO3. The van der Waals surface area contributed by atoms with Crippen molar-refractivity contribution in [3.8, 4) is 5.75 Å². The van der Waals surface area contributed by atoms with Crippen LogP contribution in [0.2, 0.25) is 0 Å². The van der Waals surface area contributed by atoms with Crippen LogP contribution in [0.4, 0.5) is 0 Å². The number of ether oxygens (including phenoxy) is 1. The van der Waals surface area contributed by atoms with Crippen LogP contribution in [0.25, 0.3) is 0 Å². The maximum atomic E-state index is 11.9. The highest BCUT2D eigenvalue weighted by Gasteiger charge is 2.22. The van der Waals surface area contributed by atoms with E-state index in [9.17, 15) is 9.90 Å². The van der Waals surface area contributed by atoms with Crippen LogP contribution in [0, 0.1) is 5.92 Å². The molecule has 3 nitrogen and oxygen atoms in total. The van der Waals surface area contributed by atoms with Crippen molar-refractivity contribution < 1.29 is 14.6 Å². The summed E-state index contributed by atoms with van der Waals surface area (Å²) in [6.07, 6.45) is 0.532. The SMILES string of the molecule is CC(Cc1cc(O)ccc1Br)C(=O)OC(C)(C)C. The summed E-state index contributed by atoms with van der Waals surface area (Å²) in [6, 6.07) is 5.03. The first kappa shape index (κ1) is 15.0. The Hall–Kier alpha value is -1.03. The number of aromatic hydroxyl groups is 1. The summed E-state index contributed by atoms with van der Waals surface area (Å²) in [5.41, 5.74) is 0.426. The molecule has 0 bridgehead atoms. The second kappa shape index (κ2) is 5.74. The van der Waals surface area contributed by atoms with Crippen LogP contribution < -0.4 is 0 Å². The predicted molar refractivity (Wildman–Crippen MR) is 74.5 cm³/mol. The van der Waals surface area contributed by atoms with Crippen molar-refractivity contribution in [2.24, 2.45) is 5.92 Å². The van der Waals surface area contributed by atoms with Crippen molar-refractivity contribution in [1.82, 2.24) is 0 Å². The van der Waals surface area contributed by atoms with E-state index >= 15 is 0 Å². The zero-order valence-corrected chi connectivity index (χ0v) is 12.7. The number of halogens is 1. The van der Waals surface area contributed by atoms with Crippen LogP contribution in [0.1, 0.15) is 33.3 Å². The van der Waals surface area contributed by atoms with Gasteiger partial charge in [-0.05, 0) is 51.0 Å². The second-order valence-corrected chi connectivity index (χ2v) is 6.27. The minimum atomic E-state index is -0.471. The van der Waals surface area contributed by atoms with Gasteiger partial charge in [-0.25, -0.2) is 0 Å². The number of hydrogen-bond acceptors (Lipinski definition) is 3. The monoisotopic (exact) mass is 314 g/mol. The Labute approximate surface area is 116 Å². The van der Waals surface area contributed by atoms with Crippen LogP contribution in [-0.4, -0.2) is 16.7 Å². The van der Waals surface area contributed by atoms with Gasteiger partial charge in [0.05, 0.1) is 5.92 Å². The van der Waals surface area contributed by atoms with E-state index in [4.69, 9.17) is 4.74 Å². The lowest BCUT2D eigenvalue weighted by Gasteiger charge is -2.22. The summed E-state index contributed by atoms with van der Waals surface area (Å²) in [4.78, 5) is 11.9. The largest absolute Gasteiger partial charge is 0.508 e. The smallest absolute Gasteiger partial charge is 0.309 e. The number of phenolic OH excluding ortho intramolecular Hbond substituents is 1. The van der Waals surface area contributed by atoms with Crippen LogP contribution in [0.15, 0.2) is 22.7 Å². The Morgan fingerprint density at radius 2 is 2.06 bits per heavy atom. The molecule has 0 aromatic heterocycles. The summed E-state index contributed by atoms with van der Waals surface area (Å²) in [5.74, 6) is -0.273. The summed E-state index contributed by atoms with van der Waals surface area (Å²) in [5, 5.41) is 9.44. The van der Waals surface area contributed by atoms with Crippen molar-refractivity contribution in [3.05, 3.63) is 28.2 Å². The highest BCUT2D eigenvalue weighted by Crippen LogP contribution is 2.25. The summed E-state index contributed by atoms with van der Waals surface area (Å²) in [6.45, 7) is 7.37. The molecule has 0 heterocycles. The van der Waals surface area contributed by atoms with Crippen molar-refractivity contribution in [1.29, 1.82) is 0 Å². The summed E-state index contributed by atoms with van der Waals surface area (Å²) >= 11 is 3.41. The van der Waals surface area contributed by atoms with E-state index in [0.29, 0.717) is 6.42 Å². The third-order valence-electron chi connectivity index (χ3n) is 2.36. The number of benzene rings is 1. The topological polar surface area (TPSA) is 46.5 Å². The normalized spacial score (nSPS) is 13.2. The van der Waals surface area contributed by atoms with E-state index < -0.39 is 5.60 Å². The van der Waals surface area contributed by atoms with Crippen LogP contribution in [-0.2, 0) is 16.0 Å². The quantitative estimate of drug-likeness (QED) is 0.866. The van der Waals surface area contributed by atoms with E-state index in [0.717, 1.165) is 10.0 Å². The number of rotatable bonds is 3. The third kappa shape index (κ3) is 4.69. The fraction of sp³-hybridized carbons (Fsp3) is 0.500. The molecule has 0 spiro atoms. The number of carbonyl (C=O) groups is 1. The Kier molecular flexibility index (Phi) is 4.79. The first-order chi connectivity index (χ1) is 8.19. The highest BCUT2D eigenvalue weighted by molar-refractivity contribution is 9.10. The standard InChI is InChI=1S/C14H19BrO3/c1-9(13(17)18-14(2,3)4)7-10-8-11(16)5-6-12(10)15/h5-6,8-9,16H,7H2,1-4H3. The zero-order chi connectivity index (χ0) is 13.9. The summed E-state index contributed by atoms with van der Waals surface area (Å²) < 4.78 is 6.21. The second-order valence-electron chi connectivity index (χ2n) is 5.41. The van der Waals surface area contributed by atoms with E-state index in [1.807, 2.05) is 27.7 Å². The number of hydrogen-bond donors (Lipinski definition) is 1. The molecule has 0 saturated heterocycles. The molecule has 0 aliphatic rings. The van der Waals surface area contributed by atoms with Gasteiger partial charge in [0.25, 0.3) is 0 Å². The van der Waals surface area contributed by atoms with Crippen molar-refractivity contribution in [2.75, 3.05) is 0 Å². The van der Waals surface area contributed by atoms with Gasteiger partial charge in [0, 0.05) is 4.47 Å². The van der Waals surface area contributed by atoms with Gasteiger partial charge >= 0.3 is 5.97 Å². The van der Waals surface area contributed by atoms with Gasteiger partial charge in [0.15, 0.2) is 0 Å². The fourth-order valence-corrected chi connectivity index (χ4v) is 1.94. The van der Waals surface area contributed by atoms with Gasteiger partial charge < -0.3 is 9.84 Å². The summed E-state index contributed by atoms with van der Waals surface area (Å²) in [7, 11) is 0. The van der Waals surface area contributed by atoms with Crippen molar-refractivity contribution in [3.63, 3.8) is 0 Å². The Morgan fingerprint density at radius 3 is 2.61 bits per heavy atom. The van der Waals surface area contributed by atoms with Crippen LogP contribution in [0.5, 0.6) is 5.75 Å². The number of esters is 1. The van der Waals surface area contributed by atoms with Gasteiger partial charge in [-0.1, -0.05) is 22.9 Å². The minimum absolute atomic E-state index is 0.199. The van der Waals surface area contributed by atoms with Crippen LogP contribution in [0.3, 0.4) is 0 Å². The first-order valence-corrected chi connectivity index (χ1v) is 6.68. The molecule has 1 unspecified atom stereocenters. The number of phenols is 1. The molecule has 0 aliphatic carbocycles. The molecule has 0 aliphatic heterocycles. The molecule has 1 N–H and O–H groups in total. The van der Waals surface area contributed by atoms with E-state index in [2.05, 4.69) is 15.9 Å². The minimum Gasteiger partial charge on any atom is -0.508 e. The molecular weight excluding hydrogens is 296 g/mol. The maximum Gasteiger partial charge on any atom is 0.309 e. The maximum absolute atomic E-state index is 11.9. The lowest BCUT2D eigenvalue weighted by Crippen LogP contribution is -2.28. The lowest BCUT2D eigenvalue weighted by molar-refractivity contribution is -0.159. The molecule has 1 aromatic carbocycles. The highest BCUT2D eigenvalue weighted by atomic mass is 79.9. The third-order valence-corrected chi connectivity index (χ3v) is 3.14. The molecule has 0 amide bonds. The molecule has 18 heavy (non-hydrogen) atoms. The molecule has 1 aromatic rings. The molecule has 1 rings (SSSR count). The fourth-order valence-electron chi connectivity index (χ4n) is 1.53. The van der Waals surface area contributed by atoms with Crippen molar-refractivity contribution in [2.45, 2.75) is 39.7 Å². The zero-order valence-electron chi connectivity index (χ0n) is 11.2. The molecule has 0 radical (unpaired) electrons. The first-order valence-electron chi connectivity index (χ1n) is 5.89. The van der Waals surface area contributed by atoms with E-state index in [1.165, 1.54) is 0 Å². The Bertz CT molecular complexity index is 435. The molecule has 1 atom stereocenters. The van der Waals surface area contributed by atoms with Gasteiger partial charge in [0.2, 0.25) is 0 Å². The van der Waals surface area contributed by atoms with E-state index in [-0.39, 0.29) is 17.6 Å². The average molecular weight is 315 g/mol. The predicted octanol–water partition coefficient (Wildman–Crippen LogP) is 3.68. The van der Waals surface area contributed by atoms with Gasteiger partial charge in [-0.15, -0.1) is 0 Å². The molecule has 0 saturated carbocycles. The van der Waals surface area contributed by atoms with Gasteiger partial charge in [0.1, 0.15) is 11.4 Å². The Balaban J connectivity index is 2.72. The van der Waals surface area contributed by atoms with Crippen molar-refractivity contribution >= 4 is 21.9 Å². The average Bonchev–Trinajstić information content (AvgIpc) is 2.21. The van der Waals surface area contributed by atoms with Gasteiger partial charge in [-0.3, -0.25) is 4.79 Å². The molecule has 4 heteroatoms.